The number of ether oxygens (including phenoxy) is 2. The molecule has 1 aromatic carbocycles. The normalized spacial score (nSPS) is 17.1. The number of carbonyl (C=O) groups excluding carboxylic acids is 3. The zero-order chi connectivity index (χ0) is 21.2. The standard InChI is InChI=1S/C18H20N2O8/c1-18(2,3)19-13(12(16(22)26-4)15(28-19)17(23)27-5)14(21)10-6-8-11(9-7-10)20(24)25/h6-9,13H,1-5H3/t13-/m0/s1. The first kappa shape index (κ1) is 21.0. The minimum atomic E-state index is -1.30. The fraction of sp³-hybridized carbons (Fsp3) is 0.389. The molecule has 0 amide bonds. The zero-order valence-electron chi connectivity index (χ0n) is 16.0. The van der Waals surface area contributed by atoms with Gasteiger partial charge in [0.15, 0.2) is 5.78 Å². The summed E-state index contributed by atoms with van der Waals surface area (Å²) < 4.78 is 9.39. The van der Waals surface area contributed by atoms with Crippen LogP contribution in [0.1, 0.15) is 31.1 Å². The van der Waals surface area contributed by atoms with Gasteiger partial charge in [-0.15, -0.1) is 5.06 Å². The van der Waals surface area contributed by atoms with E-state index in [1.54, 1.807) is 20.8 Å². The quantitative estimate of drug-likeness (QED) is 0.319. The largest absolute Gasteiger partial charge is 0.465 e. The number of carbonyl (C=O) groups is 3. The van der Waals surface area contributed by atoms with Crippen LogP contribution < -0.4 is 0 Å². The van der Waals surface area contributed by atoms with Crippen molar-refractivity contribution in [1.29, 1.82) is 0 Å². The van der Waals surface area contributed by atoms with Crippen LogP contribution in [0.5, 0.6) is 0 Å². The number of methoxy groups -OCH3 is 2. The van der Waals surface area contributed by atoms with Crippen molar-refractivity contribution < 1.29 is 33.6 Å². The molecule has 0 fully saturated rings. The summed E-state index contributed by atoms with van der Waals surface area (Å²) in [6.45, 7) is 5.16. The number of hydroxylamine groups is 2. The third kappa shape index (κ3) is 3.86. The maximum absolute atomic E-state index is 13.2. The summed E-state index contributed by atoms with van der Waals surface area (Å²) >= 11 is 0. The topological polar surface area (TPSA) is 125 Å². The predicted molar refractivity (Wildman–Crippen MR) is 94.9 cm³/mol. The fourth-order valence-corrected chi connectivity index (χ4v) is 2.66. The van der Waals surface area contributed by atoms with E-state index in [1.807, 2.05) is 0 Å². The number of hydrogen-bond acceptors (Lipinski definition) is 9. The van der Waals surface area contributed by atoms with Crippen LogP contribution in [-0.2, 0) is 23.9 Å². The Bertz CT molecular complexity index is 851. The Morgan fingerprint density at radius 1 is 1.07 bits per heavy atom. The molecule has 0 radical (unpaired) electrons. The van der Waals surface area contributed by atoms with Crippen molar-refractivity contribution in [1.82, 2.24) is 5.06 Å². The molecule has 0 aliphatic carbocycles. The SMILES string of the molecule is COC(=O)C1=C(C(=O)OC)[C@@H](C(=O)c2ccc([N+](=O)[O-])cc2)N(C(C)(C)C)O1. The molecule has 1 aromatic rings. The summed E-state index contributed by atoms with van der Waals surface area (Å²) in [4.78, 5) is 53.4. The van der Waals surface area contributed by atoms with Gasteiger partial charge in [-0.2, -0.15) is 0 Å². The number of nitro benzene ring substituents is 1. The Morgan fingerprint density at radius 2 is 1.61 bits per heavy atom. The summed E-state index contributed by atoms with van der Waals surface area (Å²) in [6, 6.07) is 3.59. The Morgan fingerprint density at radius 3 is 2.04 bits per heavy atom. The molecule has 0 saturated carbocycles. The van der Waals surface area contributed by atoms with E-state index in [2.05, 4.69) is 4.74 Å². The van der Waals surface area contributed by atoms with E-state index in [1.165, 1.54) is 29.3 Å². The van der Waals surface area contributed by atoms with Crippen LogP contribution in [0.25, 0.3) is 0 Å². The number of non-ortho nitro benzene ring substituents is 1. The van der Waals surface area contributed by atoms with Crippen molar-refractivity contribution in [3.63, 3.8) is 0 Å². The van der Waals surface area contributed by atoms with Gasteiger partial charge in [0.25, 0.3) is 5.69 Å². The molecule has 0 unspecified atom stereocenters. The highest BCUT2D eigenvalue weighted by atomic mass is 16.7. The van der Waals surface area contributed by atoms with Crippen molar-refractivity contribution in [3.8, 4) is 0 Å². The lowest BCUT2D eigenvalue weighted by molar-refractivity contribution is -0.384. The molecule has 2 rings (SSSR count). The van der Waals surface area contributed by atoms with Crippen LogP contribution in [0.4, 0.5) is 5.69 Å². The minimum absolute atomic E-state index is 0.0981. The molecule has 0 aromatic heterocycles. The van der Waals surface area contributed by atoms with Crippen LogP contribution in [-0.4, -0.2) is 53.5 Å². The zero-order valence-corrected chi connectivity index (χ0v) is 16.0. The van der Waals surface area contributed by atoms with Crippen LogP contribution in [0.15, 0.2) is 35.6 Å². The monoisotopic (exact) mass is 392 g/mol. The lowest BCUT2D eigenvalue weighted by atomic mass is 9.93. The van der Waals surface area contributed by atoms with Crippen molar-refractivity contribution in [2.24, 2.45) is 0 Å². The first-order valence-electron chi connectivity index (χ1n) is 8.19. The van der Waals surface area contributed by atoms with Gasteiger partial charge in [-0.1, -0.05) is 0 Å². The summed E-state index contributed by atoms with van der Waals surface area (Å²) in [5.41, 5.74) is -1.18. The molecule has 0 bridgehead atoms. The van der Waals surface area contributed by atoms with Crippen molar-refractivity contribution in [2.45, 2.75) is 32.4 Å². The van der Waals surface area contributed by atoms with E-state index >= 15 is 0 Å². The van der Waals surface area contributed by atoms with Gasteiger partial charge in [-0.3, -0.25) is 14.9 Å². The molecule has 10 nitrogen and oxygen atoms in total. The third-order valence-corrected chi connectivity index (χ3v) is 3.99. The maximum Gasteiger partial charge on any atom is 0.376 e. The van der Waals surface area contributed by atoms with E-state index in [4.69, 9.17) is 9.57 Å². The Labute approximate surface area is 160 Å². The van der Waals surface area contributed by atoms with Crippen molar-refractivity contribution >= 4 is 23.4 Å². The minimum Gasteiger partial charge on any atom is -0.465 e. The number of hydrogen-bond donors (Lipinski definition) is 0. The van der Waals surface area contributed by atoms with E-state index in [0.29, 0.717) is 0 Å². The van der Waals surface area contributed by atoms with Gasteiger partial charge in [0.2, 0.25) is 5.76 Å². The van der Waals surface area contributed by atoms with Crippen LogP contribution >= 0.6 is 0 Å². The molecule has 1 aliphatic rings. The summed E-state index contributed by atoms with van der Waals surface area (Å²) in [5.74, 6) is -2.89. The van der Waals surface area contributed by atoms with Crippen LogP contribution in [0, 0.1) is 10.1 Å². The average Bonchev–Trinajstić information content (AvgIpc) is 3.07. The van der Waals surface area contributed by atoms with Gasteiger partial charge < -0.3 is 14.3 Å². The van der Waals surface area contributed by atoms with Gasteiger partial charge in [0.1, 0.15) is 11.6 Å². The molecular formula is C18H20N2O8. The van der Waals surface area contributed by atoms with Gasteiger partial charge in [0, 0.05) is 23.2 Å². The molecule has 150 valence electrons. The van der Waals surface area contributed by atoms with Crippen LogP contribution in [0.3, 0.4) is 0 Å². The van der Waals surface area contributed by atoms with Crippen LogP contribution in [0.2, 0.25) is 0 Å². The van der Waals surface area contributed by atoms with Crippen molar-refractivity contribution in [3.05, 3.63) is 51.3 Å². The Kier molecular flexibility index (Phi) is 5.84. The Hall–Kier alpha value is -3.27. The molecule has 0 saturated heterocycles. The van der Waals surface area contributed by atoms with E-state index in [9.17, 15) is 24.5 Å². The average molecular weight is 392 g/mol. The second-order valence-corrected chi connectivity index (χ2v) is 6.88. The number of rotatable bonds is 5. The molecular weight excluding hydrogens is 372 g/mol. The number of nitro groups is 1. The smallest absolute Gasteiger partial charge is 0.376 e. The number of nitrogens with zero attached hydrogens (tertiary/aromatic N) is 2. The summed E-state index contributed by atoms with van der Waals surface area (Å²) in [7, 11) is 2.22. The van der Waals surface area contributed by atoms with E-state index in [0.717, 1.165) is 14.2 Å². The molecule has 28 heavy (non-hydrogen) atoms. The first-order chi connectivity index (χ1) is 13.0. The molecule has 10 heteroatoms. The second kappa shape index (κ2) is 7.77. The first-order valence-corrected chi connectivity index (χ1v) is 8.19. The van der Waals surface area contributed by atoms with E-state index < -0.39 is 40.0 Å². The van der Waals surface area contributed by atoms with E-state index in [-0.39, 0.29) is 16.8 Å². The highest BCUT2D eigenvalue weighted by molar-refractivity contribution is 6.11. The summed E-state index contributed by atoms with van der Waals surface area (Å²) in [6.07, 6.45) is 0. The maximum atomic E-state index is 13.2. The molecule has 1 aliphatic heterocycles. The highest BCUT2D eigenvalue weighted by Crippen LogP contribution is 2.35. The lowest BCUT2D eigenvalue weighted by Crippen LogP contribution is -2.49. The predicted octanol–water partition coefficient (Wildman–Crippen LogP) is 1.79. The lowest BCUT2D eigenvalue weighted by Gasteiger charge is -2.34. The number of benzene rings is 1. The molecule has 1 heterocycles. The van der Waals surface area contributed by atoms with Gasteiger partial charge in [-0.05, 0) is 32.9 Å². The Balaban J connectivity index is 2.59. The molecule has 0 spiro atoms. The highest BCUT2D eigenvalue weighted by Gasteiger charge is 2.50. The number of esters is 2. The molecule has 0 N–H and O–H groups in total. The van der Waals surface area contributed by atoms with Gasteiger partial charge in [-0.25, -0.2) is 9.59 Å². The molecule has 1 atom stereocenters. The van der Waals surface area contributed by atoms with Crippen molar-refractivity contribution in [2.75, 3.05) is 14.2 Å². The second-order valence-electron chi connectivity index (χ2n) is 6.88. The fourth-order valence-electron chi connectivity index (χ4n) is 2.66. The van der Waals surface area contributed by atoms with Gasteiger partial charge >= 0.3 is 11.9 Å². The third-order valence-electron chi connectivity index (χ3n) is 3.99. The summed E-state index contributed by atoms with van der Waals surface area (Å²) in [5, 5.41) is 12.0. The number of Topliss-reactive ketones (excluding diaryl/α,β-unsaturated/α-hetero) is 1. The van der Waals surface area contributed by atoms with Gasteiger partial charge in [0.05, 0.1) is 19.1 Å². The number of ketones is 1.